The average molecular weight is 297 g/mol. The second-order valence-electron chi connectivity index (χ2n) is 5.09. The van der Waals surface area contributed by atoms with E-state index >= 15 is 0 Å². The van der Waals surface area contributed by atoms with Crippen molar-refractivity contribution in [2.24, 2.45) is 0 Å². The monoisotopic (exact) mass is 297 g/mol. The zero-order valence-corrected chi connectivity index (χ0v) is 11.4. The Bertz CT molecular complexity index is 552. The summed E-state index contributed by atoms with van der Waals surface area (Å²) >= 11 is 0. The molecule has 2 heterocycles. The van der Waals surface area contributed by atoms with E-state index in [0.29, 0.717) is 0 Å². The molecule has 0 saturated carbocycles. The summed E-state index contributed by atoms with van der Waals surface area (Å²) in [6.45, 7) is 0.462. The van der Waals surface area contributed by atoms with Crippen LogP contribution in [0, 0.1) is 5.82 Å². The Kier molecular flexibility index (Phi) is 3.79. The van der Waals surface area contributed by atoms with Gasteiger partial charge in [0.05, 0.1) is 31.9 Å². The number of aliphatic hydroxyl groups excluding tert-OH is 1. The van der Waals surface area contributed by atoms with E-state index in [4.69, 9.17) is 14.2 Å². The third-order valence-electron chi connectivity index (χ3n) is 3.75. The lowest BCUT2D eigenvalue weighted by molar-refractivity contribution is 0.0178. The molecule has 0 spiro atoms. The molecule has 0 aliphatic carbocycles. The molecule has 1 amide bonds. The summed E-state index contributed by atoms with van der Waals surface area (Å²) < 4.78 is 29.0. The number of aliphatic hydroxyl groups is 1. The Morgan fingerprint density at radius 1 is 1.38 bits per heavy atom. The zero-order valence-electron chi connectivity index (χ0n) is 11.4. The maximum atomic E-state index is 13.1. The molecule has 2 aliphatic heterocycles. The van der Waals surface area contributed by atoms with Crippen LogP contribution < -0.4 is 10.1 Å². The molecule has 6 nitrogen and oxygen atoms in total. The summed E-state index contributed by atoms with van der Waals surface area (Å²) in [5, 5.41) is 12.4. The predicted octanol–water partition coefficient (Wildman–Crippen LogP) is 0.0912. The second-order valence-corrected chi connectivity index (χ2v) is 5.09. The van der Waals surface area contributed by atoms with Crippen LogP contribution in [0.3, 0.4) is 0 Å². The van der Waals surface area contributed by atoms with Crippen LogP contribution >= 0.6 is 0 Å². The summed E-state index contributed by atoms with van der Waals surface area (Å²) in [6.07, 6.45) is -1.45. The van der Waals surface area contributed by atoms with Crippen LogP contribution in [0.1, 0.15) is 10.4 Å². The van der Waals surface area contributed by atoms with Gasteiger partial charge in [0.1, 0.15) is 29.9 Å². The Balaban J connectivity index is 1.72. The molecule has 0 bridgehead atoms. The van der Waals surface area contributed by atoms with E-state index in [9.17, 15) is 14.3 Å². The molecule has 7 heteroatoms. The summed E-state index contributed by atoms with van der Waals surface area (Å²) in [6, 6.07) is 3.36. The van der Waals surface area contributed by atoms with Crippen molar-refractivity contribution in [3.8, 4) is 5.75 Å². The highest BCUT2D eigenvalue weighted by molar-refractivity contribution is 5.97. The van der Waals surface area contributed by atoms with E-state index in [2.05, 4.69) is 5.32 Å². The number of benzene rings is 1. The van der Waals surface area contributed by atoms with Crippen molar-refractivity contribution in [2.75, 3.05) is 20.3 Å². The van der Waals surface area contributed by atoms with Gasteiger partial charge in [-0.3, -0.25) is 4.79 Å². The molecule has 2 N–H and O–H groups in total. The number of carbonyl (C=O) groups excluding carboxylic acids is 1. The molecule has 1 aromatic carbocycles. The van der Waals surface area contributed by atoms with Crippen molar-refractivity contribution in [2.45, 2.75) is 24.4 Å². The van der Waals surface area contributed by atoms with Crippen LogP contribution in [-0.2, 0) is 9.47 Å². The summed E-state index contributed by atoms with van der Waals surface area (Å²) in [7, 11) is 1.37. The van der Waals surface area contributed by atoms with Gasteiger partial charge in [0.25, 0.3) is 5.91 Å². The van der Waals surface area contributed by atoms with Crippen molar-refractivity contribution < 1.29 is 28.5 Å². The minimum Gasteiger partial charge on any atom is -0.496 e. The first kappa shape index (κ1) is 14.2. The Morgan fingerprint density at radius 3 is 2.90 bits per heavy atom. The van der Waals surface area contributed by atoms with E-state index in [1.165, 1.54) is 19.2 Å². The van der Waals surface area contributed by atoms with E-state index in [-0.39, 0.29) is 36.7 Å². The number of fused-ring (bicyclic) bond motifs is 1. The van der Waals surface area contributed by atoms with Crippen LogP contribution in [0.4, 0.5) is 4.39 Å². The van der Waals surface area contributed by atoms with Crippen molar-refractivity contribution in [3.63, 3.8) is 0 Å². The number of methoxy groups -OCH3 is 1. The first-order valence-electron chi connectivity index (χ1n) is 6.66. The van der Waals surface area contributed by atoms with E-state index < -0.39 is 23.9 Å². The Morgan fingerprint density at radius 2 is 2.14 bits per heavy atom. The number of hydrogen-bond acceptors (Lipinski definition) is 5. The average Bonchev–Trinajstić information content (AvgIpc) is 3.03. The molecule has 2 fully saturated rings. The first-order valence-corrected chi connectivity index (χ1v) is 6.66. The predicted molar refractivity (Wildman–Crippen MR) is 69.7 cm³/mol. The molecule has 4 atom stereocenters. The Labute approximate surface area is 120 Å². The van der Waals surface area contributed by atoms with Crippen LogP contribution in [-0.4, -0.2) is 55.7 Å². The van der Waals surface area contributed by atoms with Gasteiger partial charge in [0, 0.05) is 6.07 Å². The van der Waals surface area contributed by atoms with Gasteiger partial charge in [-0.1, -0.05) is 0 Å². The number of rotatable bonds is 3. The van der Waals surface area contributed by atoms with Gasteiger partial charge in [0.2, 0.25) is 0 Å². The van der Waals surface area contributed by atoms with Gasteiger partial charge in [0.15, 0.2) is 0 Å². The quantitative estimate of drug-likeness (QED) is 0.827. The molecular weight excluding hydrogens is 281 g/mol. The van der Waals surface area contributed by atoms with Crippen molar-refractivity contribution in [1.82, 2.24) is 5.32 Å². The first-order chi connectivity index (χ1) is 10.1. The fraction of sp³-hybridized carbons (Fsp3) is 0.500. The lowest BCUT2D eigenvalue weighted by atomic mass is 10.1. The van der Waals surface area contributed by atoms with Gasteiger partial charge in [-0.05, 0) is 12.1 Å². The molecule has 21 heavy (non-hydrogen) atoms. The highest BCUT2D eigenvalue weighted by Gasteiger charge is 2.47. The molecule has 0 aromatic heterocycles. The molecule has 0 radical (unpaired) electrons. The van der Waals surface area contributed by atoms with Crippen molar-refractivity contribution in [1.29, 1.82) is 0 Å². The summed E-state index contributed by atoms with van der Waals surface area (Å²) in [4.78, 5) is 12.3. The highest BCUT2D eigenvalue weighted by Crippen LogP contribution is 2.27. The summed E-state index contributed by atoms with van der Waals surface area (Å²) in [5.41, 5.74) is 0.237. The van der Waals surface area contributed by atoms with Crippen molar-refractivity contribution in [3.05, 3.63) is 29.6 Å². The topological polar surface area (TPSA) is 77.0 Å². The third-order valence-corrected chi connectivity index (χ3v) is 3.75. The number of carbonyl (C=O) groups is 1. The van der Waals surface area contributed by atoms with Gasteiger partial charge in [-0.25, -0.2) is 4.39 Å². The normalized spacial score (nSPS) is 31.0. The van der Waals surface area contributed by atoms with Crippen LogP contribution in [0.2, 0.25) is 0 Å². The number of halogens is 1. The van der Waals surface area contributed by atoms with Gasteiger partial charge in [-0.15, -0.1) is 0 Å². The lowest BCUT2D eigenvalue weighted by Crippen LogP contribution is -2.44. The lowest BCUT2D eigenvalue weighted by Gasteiger charge is -2.18. The number of amides is 1. The molecule has 2 saturated heterocycles. The molecule has 2 aliphatic rings. The molecule has 3 rings (SSSR count). The summed E-state index contributed by atoms with van der Waals surface area (Å²) in [5.74, 6) is -0.712. The second kappa shape index (κ2) is 5.59. The van der Waals surface area contributed by atoms with Gasteiger partial charge in [-0.2, -0.15) is 0 Å². The van der Waals surface area contributed by atoms with Crippen LogP contribution in [0.15, 0.2) is 18.2 Å². The smallest absolute Gasteiger partial charge is 0.255 e. The zero-order chi connectivity index (χ0) is 15.0. The SMILES string of the molecule is COc1cc(F)ccc1C(=O)N[C@@H]1CO[C@H]2[C@@H]1OC[C@H]2O. The fourth-order valence-electron chi connectivity index (χ4n) is 2.70. The fourth-order valence-corrected chi connectivity index (χ4v) is 2.70. The van der Waals surface area contributed by atoms with Crippen LogP contribution in [0.5, 0.6) is 5.75 Å². The largest absolute Gasteiger partial charge is 0.496 e. The number of ether oxygens (including phenoxy) is 3. The maximum absolute atomic E-state index is 13.1. The Hall–Kier alpha value is -1.70. The highest BCUT2D eigenvalue weighted by atomic mass is 19.1. The van der Waals surface area contributed by atoms with Crippen LogP contribution in [0.25, 0.3) is 0 Å². The van der Waals surface area contributed by atoms with E-state index in [0.717, 1.165) is 6.07 Å². The molecule has 0 unspecified atom stereocenters. The number of nitrogens with one attached hydrogen (secondary N) is 1. The van der Waals surface area contributed by atoms with E-state index in [1.54, 1.807) is 0 Å². The number of hydrogen-bond donors (Lipinski definition) is 2. The minimum atomic E-state index is -0.669. The maximum Gasteiger partial charge on any atom is 0.255 e. The van der Waals surface area contributed by atoms with Crippen molar-refractivity contribution >= 4 is 5.91 Å². The molecule has 1 aromatic rings. The minimum absolute atomic E-state index is 0.162. The van der Waals surface area contributed by atoms with E-state index in [1.807, 2.05) is 0 Å². The van der Waals surface area contributed by atoms with Gasteiger partial charge >= 0.3 is 0 Å². The molecular formula is C14H16FNO5. The standard InChI is InChI=1S/C14H16FNO5/c1-19-11-4-7(15)2-3-8(11)14(18)16-9-5-20-13-10(17)6-21-12(9)13/h2-4,9-10,12-13,17H,5-6H2,1H3,(H,16,18)/t9-,10-,12-,13-/m1/s1. The third kappa shape index (κ3) is 2.59. The van der Waals surface area contributed by atoms with Gasteiger partial charge < -0.3 is 24.6 Å². The molecule has 114 valence electrons.